The van der Waals surface area contributed by atoms with E-state index >= 15 is 0 Å². The Labute approximate surface area is 186 Å². The van der Waals surface area contributed by atoms with Gasteiger partial charge in [0, 0.05) is 0 Å². The summed E-state index contributed by atoms with van der Waals surface area (Å²) in [6.07, 6.45) is 1.89. The molecule has 0 N–H and O–H groups in total. The Morgan fingerprint density at radius 3 is 1.23 bits per heavy atom. The standard InChI is InChI=1S/C30H30O/c1-21-5-11-27(23(3)17-21)19-25-7-13-29(14-8-25)31-30-15-9-26(10-16-30)20-28-12-6-22(2)18-24(28)4/h5-18H,19-20H2,1-4H3. The maximum atomic E-state index is 6.07. The Hall–Kier alpha value is -3.32. The van der Waals surface area contributed by atoms with Gasteiger partial charge in [-0.1, -0.05) is 71.8 Å². The van der Waals surface area contributed by atoms with E-state index in [4.69, 9.17) is 4.74 Å². The zero-order chi connectivity index (χ0) is 21.8. The van der Waals surface area contributed by atoms with E-state index in [1.807, 2.05) is 0 Å². The van der Waals surface area contributed by atoms with Gasteiger partial charge in [-0.15, -0.1) is 0 Å². The molecule has 0 aliphatic rings. The van der Waals surface area contributed by atoms with E-state index in [1.54, 1.807) is 0 Å². The van der Waals surface area contributed by atoms with Gasteiger partial charge >= 0.3 is 0 Å². The van der Waals surface area contributed by atoms with Crippen LogP contribution in [0, 0.1) is 27.7 Å². The first kappa shape index (κ1) is 20.9. The maximum Gasteiger partial charge on any atom is 0.127 e. The lowest BCUT2D eigenvalue weighted by Crippen LogP contribution is -1.94. The van der Waals surface area contributed by atoms with E-state index in [1.165, 1.54) is 44.5 Å². The molecular weight excluding hydrogens is 376 g/mol. The average Bonchev–Trinajstić information content (AvgIpc) is 2.75. The number of hydrogen-bond donors (Lipinski definition) is 0. The lowest BCUT2D eigenvalue weighted by Gasteiger charge is -2.10. The molecule has 0 heterocycles. The fourth-order valence-corrected chi connectivity index (χ4v) is 4.01. The molecule has 156 valence electrons. The third-order valence-corrected chi connectivity index (χ3v) is 5.87. The Bertz CT molecular complexity index is 1070. The molecule has 0 atom stereocenters. The van der Waals surface area contributed by atoms with Crippen molar-refractivity contribution >= 4 is 0 Å². The first-order valence-electron chi connectivity index (χ1n) is 10.9. The van der Waals surface area contributed by atoms with Gasteiger partial charge in [-0.3, -0.25) is 0 Å². The number of rotatable bonds is 6. The highest BCUT2D eigenvalue weighted by Crippen LogP contribution is 2.24. The lowest BCUT2D eigenvalue weighted by atomic mass is 9.99. The molecule has 0 aromatic heterocycles. The first-order chi connectivity index (χ1) is 15.0. The second-order valence-corrected chi connectivity index (χ2v) is 8.60. The molecule has 0 fully saturated rings. The van der Waals surface area contributed by atoms with Gasteiger partial charge in [0.05, 0.1) is 0 Å². The molecule has 0 unspecified atom stereocenters. The molecule has 4 aromatic carbocycles. The summed E-state index contributed by atoms with van der Waals surface area (Å²) in [7, 11) is 0. The average molecular weight is 407 g/mol. The summed E-state index contributed by atoms with van der Waals surface area (Å²) in [5.74, 6) is 1.73. The predicted octanol–water partition coefficient (Wildman–Crippen LogP) is 7.89. The second kappa shape index (κ2) is 9.22. The highest BCUT2D eigenvalue weighted by Gasteiger charge is 2.04. The zero-order valence-corrected chi connectivity index (χ0v) is 18.9. The van der Waals surface area contributed by atoms with Crippen molar-refractivity contribution < 1.29 is 4.74 Å². The molecule has 1 nitrogen and oxygen atoms in total. The van der Waals surface area contributed by atoms with E-state index < -0.39 is 0 Å². The summed E-state index contributed by atoms with van der Waals surface area (Å²) in [6.45, 7) is 8.64. The molecule has 31 heavy (non-hydrogen) atoms. The number of ether oxygens (including phenoxy) is 1. The quantitative estimate of drug-likeness (QED) is 0.316. The Balaban J connectivity index is 1.39. The van der Waals surface area contributed by atoms with E-state index in [2.05, 4.69) is 113 Å². The molecular formula is C30H30O. The number of hydrogen-bond acceptors (Lipinski definition) is 1. The zero-order valence-electron chi connectivity index (χ0n) is 18.9. The highest BCUT2D eigenvalue weighted by molar-refractivity contribution is 5.40. The van der Waals surface area contributed by atoms with Crippen LogP contribution in [0.1, 0.15) is 44.5 Å². The Morgan fingerprint density at radius 1 is 0.484 bits per heavy atom. The largest absolute Gasteiger partial charge is 0.457 e. The summed E-state index contributed by atoms with van der Waals surface area (Å²) >= 11 is 0. The molecule has 0 saturated carbocycles. The summed E-state index contributed by atoms with van der Waals surface area (Å²) < 4.78 is 6.07. The third kappa shape index (κ3) is 5.44. The van der Waals surface area contributed by atoms with Gasteiger partial charge < -0.3 is 4.74 Å². The summed E-state index contributed by atoms with van der Waals surface area (Å²) in [5, 5.41) is 0. The van der Waals surface area contributed by atoms with Gasteiger partial charge in [0.2, 0.25) is 0 Å². The van der Waals surface area contributed by atoms with Crippen LogP contribution in [-0.2, 0) is 12.8 Å². The molecule has 0 radical (unpaired) electrons. The van der Waals surface area contributed by atoms with E-state index in [9.17, 15) is 0 Å². The van der Waals surface area contributed by atoms with Crippen molar-refractivity contribution in [3.05, 3.63) is 129 Å². The van der Waals surface area contributed by atoms with E-state index in [0.29, 0.717) is 0 Å². The van der Waals surface area contributed by atoms with Crippen LogP contribution in [0.3, 0.4) is 0 Å². The van der Waals surface area contributed by atoms with Crippen molar-refractivity contribution in [1.29, 1.82) is 0 Å². The monoisotopic (exact) mass is 406 g/mol. The third-order valence-electron chi connectivity index (χ3n) is 5.87. The summed E-state index contributed by atoms with van der Waals surface area (Å²) in [6, 6.07) is 30.2. The minimum atomic E-state index is 0.867. The number of aryl methyl sites for hydroxylation is 4. The topological polar surface area (TPSA) is 9.23 Å². The first-order valence-corrected chi connectivity index (χ1v) is 10.9. The van der Waals surface area contributed by atoms with Crippen LogP contribution < -0.4 is 4.74 Å². The Morgan fingerprint density at radius 2 is 0.871 bits per heavy atom. The van der Waals surface area contributed by atoms with E-state index in [0.717, 1.165) is 24.3 Å². The highest BCUT2D eigenvalue weighted by atomic mass is 16.5. The fraction of sp³-hybridized carbons (Fsp3) is 0.200. The van der Waals surface area contributed by atoms with Crippen LogP contribution in [0.4, 0.5) is 0 Å². The minimum absolute atomic E-state index is 0.867. The van der Waals surface area contributed by atoms with Crippen LogP contribution >= 0.6 is 0 Å². The van der Waals surface area contributed by atoms with Crippen molar-refractivity contribution in [2.75, 3.05) is 0 Å². The molecule has 4 aromatic rings. The van der Waals surface area contributed by atoms with Crippen molar-refractivity contribution in [3.8, 4) is 11.5 Å². The Kier molecular flexibility index (Phi) is 6.23. The molecule has 0 aliphatic carbocycles. The second-order valence-electron chi connectivity index (χ2n) is 8.60. The normalized spacial score (nSPS) is 10.8. The van der Waals surface area contributed by atoms with Crippen LogP contribution in [0.2, 0.25) is 0 Å². The van der Waals surface area contributed by atoms with Gasteiger partial charge in [-0.2, -0.15) is 0 Å². The fourth-order valence-electron chi connectivity index (χ4n) is 4.01. The molecule has 4 rings (SSSR count). The molecule has 0 aliphatic heterocycles. The van der Waals surface area contributed by atoms with Crippen LogP contribution in [0.5, 0.6) is 11.5 Å². The molecule has 1 heteroatoms. The van der Waals surface area contributed by atoms with Crippen LogP contribution in [-0.4, -0.2) is 0 Å². The molecule has 0 spiro atoms. The van der Waals surface area contributed by atoms with Gasteiger partial charge in [0.15, 0.2) is 0 Å². The maximum absolute atomic E-state index is 6.07. The summed E-state index contributed by atoms with van der Waals surface area (Å²) in [4.78, 5) is 0. The van der Waals surface area contributed by atoms with Gasteiger partial charge in [-0.25, -0.2) is 0 Å². The van der Waals surface area contributed by atoms with E-state index in [-0.39, 0.29) is 0 Å². The van der Waals surface area contributed by atoms with Crippen molar-refractivity contribution in [2.24, 2.45) is 0 Å². The summed E-state index contributed by atoms with van der Waals surface area (Å²) in [5.41, 5.74) is 10.7. The lowest BCUT2D eigenvalue weighted by molar-refractivity contribution is 0.482. The van der Waals surface area contributed by atoms with Crippen molar-refractivity contribution in [1.82, 2.24) is 0 Å². The molecule has 0 amide bonds. The molecule has 0 bridgehead atoms. The SMILES string of the molecule is Cc1ccc(Cc2ccc(Oc3ccc(Cc4ccc(C)cc4C)cc3)cc2)c(C)c1. The van der Waals surface area contributed by atoms with Crippen LogP contribution in [0.15, 0.2) is 84.9 Å². The van der Waals surface area contributed by atoms with Gasteiger partial charge in [0.1, 0.15) is 11.5 Å². The molecule has 0 saturated heterocycles. The minimum Gasteiger partial charge on any atom is -0.457 e. The number of benzene rings is 4. The van der Waals surface area contributed by atoms with Crippen LogP contribution in [0.25, 0.3) is 0 Å². The van der Waals surface area contributed by atoms with Gasteiger partial charge in [-0.05, 0) is 98.2 Å². The van der Waals surface area contributed by atoms with Crippen molar-refractivity contribution in [2.45, 2.75) is 40.5 Å². The smallest absolute Gasteiger partial charge is 0.127 e. The van der Waals surface area contributed by atoms with Crippen molar-refractivity contribution in [3.63, 3.8) is 0 Å². The predicted molar refractivity (Wildman–Crippen MR) is 130 cm³/mol. The van der Waals surface area contributed by atoms with Gasteiger partial charge in [0.25, 0.3) is 0 Å².